The van der Waals surface area contributed by atoms with Crippen LogP contribution in [0.2, 0.25) is 0 Å². The number of hydrogen-bond acceptors (Lipinski definition) is 4. The van der Waals surface area contributed by atoms with E-state index in [9.17, 15) is 0 Å². The van der Waals surface area contributed by atoms with E-state index >= 15 is 0 Å². The summed E-state index contributed by atoms with van der Waals surface area (Å²) in [7, 11) is 0. The van der Waals surface area contributed by atoms with Crippen molar-refractivity contribution < 1.29 is 0 Å². The van der Waals surface area contributed by atoms with Crippen LogP contribution in [-0.4, -0.2) is 15.8 Å². The zero-order valence-corrected chi connectivity index (χ0v) is 10.9. The molecule has 0 spiro atoms. The van der Waals surface area contributed by atoms with Crippen molar-refractivity contribution in [3.8, 4) is 6.07 Å². The number of rotatable bonds is 5. The Morgan fingerprint density at radius 3 is 3.05 bits per heavy atom. The molecule has 0 aliphatic rings. The van der Waals surface area contributed by atoms with Gasteiger partial charge >= 0.3 is 0 Å². The maximum atomic E-state index is 8.75. The zero-order chi connectivity index (χ0) is 13.7. The average molecular weight is 255 g/mol. The van der Waals surface area contributed by atoms with Gasteiger partial charge in [-0.3, -0.25) is 4.68 Å². The molecule has 5 heteroatoms. The smallest absolute Gasteiger partial charge is 0.0670 e. The lowest BCUT2D eigenvalue weighted by atomic mass is 10.1. The van der Waals surface area contributed by atoms with Gasteiger partial charge in [-0.2, -0.15) is 10.4 Å². The molecule has 2 rings (SSSR count). The number of anilines is 2. The monoisotopic (exact) mass is 255 g/mol. The maximum absolute atomic E-state index is 8.75. The molecule has 0 aliphatic heterocycles. The third-order valence-electron chi connectivity index (χ3n) is 2.85. The van der Waals surface area contributed by atoms with E-state index in [1.165, 1.54) is 0 Å². The van der Waals surface area contributed by atoms with Crippen LogP contribution in [0, 0.1) is 11.3 Å². The number of nitrogens with one attached hydrogen (secondary N) is 1. The summed E-state index contributed by atoms with van der Waals surface area (Å²) in [4.78, 5) is 0. The molecule has 1 atom stereocenters. The third-order valence-corrected chi connectivity index (χ3v) is 2.85. The molecule has 98 valence electrons. The minimum atomic E-state index is 0.235. The first kappa shape index (κ1) is 13.0. The van der Waals surface area contributed by atoms with Gasteiger partial charge in [0.15, 0.2) is 0 Å². The maximum Gasteiger partial charge on any atom is 0.0670 e. The number of nitrogens with zero attached hydrogens (tertiary/aromatic N) is 3. The fraction of sp³-hybridized carbons (Fsp3) is 0.286. The molecule has 0 aliphatic carbocycles. The number of aromatic nitrogens is 2. The molecule has 1 unspecified atom stereocenters. The van der Waals surface area contributed by atoms with Gasteiger partial charge in [-0.15, -0.1) is 0 Å². The molecule has 19 heavy (non-hydrogen) atoms. The van der Waals surface area contributed by atoms with Gasteiger partial charge in [0.25, 0.3) is 0 Å². The Labute approximate surface area is 112 Å². The lowest BCUT2D eigenvalue weighted by Gasteiger charge is -2.16. The minimum Gasteiger partial charge on any atom is -0.398 e. The van der Waals surface area contributed by atoms with Gasteiger partial charge in [0.05, 0.1) is 19.0 Å². The van der Waals surface area contributed by atoms with E-state index in [1.54, 1.807) is 6.20 Å². The highest BCUT2D eigenvalue weighted by Gasteiger charge is 2.05. The van der Waals surface area contributed by atoms with Crippen LogP contribution in [-0.2, 0) is 13.0 Å². The van der Waals surface area contributed by atoms with Crippen LogP contribution < -0.4 is 11.1 Å². The topological polar surface area (TPSA) is 79.7 Å². The highest BCUT2D eigenvalue weighted by Crippen LogP contribution is 2.19. The Morgan fingerprint density at radius 1 is 1.53 bits per heavy atom. The number of hydrogen-bond donors (Lipinski definition) is 2. The van der Waals surface area contributed by atoms with E-state index in [2.05, 4.69) is 23.4 Å². The normalized spacial score (nSPS) is 11.8. The second kappa shape index (κ2) is 5.91. The Balaban J connectivity index is 2.02. The Hall–Kier alpha value is -2.48. The standard InChI is InChI=1S/C14H17N5/c1-11(10-19-8-2-7-17-19)18-13-3-4-14(16)12(9-13)5-6-15/h2-4,7-9,11,18H,5,10,16H2,1H3. The van der Waals surface area contributed by atoms with Gasteiger partial charge in [-0.25, -0.2) is 0 Å². The van der Waals surface area contributed by atoms with Crippen LogP contribution in [0.15, 0.2) is 36.7 Å². The van der Waals surface area contributed by atoms with Crippen molar-refractivity contribution in [1.29, 1.82) is 5.26 Å². The van der Waals surface area contributed by atoms with E-state index in [0.29, 0.717) is 12.1 Å². The molecule has 1 aromatic heterocycles. The first-order valence-corrected chi connectivity index (χ1v) is 6.18. The summed E-state index contributed by atoms with van der Waals surface area (Å²) < 4.78 is 1.88. The van der Waals surface area contributed by atoms with Gasteiger partial charge in [0.2, 0.25) is 0 Å². The van der Waals surface area contributed by atoms with Gasteiger partial charge in [-0.05, 0) is 36.8 Å². The van der Waals surface area contributed by atoms with Gasteiger partial charge in [-0.1, -0.05) is 0 Å². The molecule has 2 aromatic rings. The number of nitrogen functional groups attached to an aromatic ring is 1. The van der Waals surface area contributed by atoms with Crippen LogP contribution in [0.1, 0.15) is 12.5 Å². The Morgan fingerprint density at radius 2 is 2.37 bits per heavy atom. The van der Waals surface area contributed by atoms with Crippen molar-refractivity contribution >= 4 is 11.4 Å². The second-order valence-electron chi connectivity index (χ2n) is 4.52. The summed E-state index contributed by atoms with van der Waals surface area (Å²) >= 11 is 0. The van der Waals surface area contributed by atoms with E-state index < -0.39 is 0 Å². The van der Waals surface area contributed by atoms with Crippen molar-refractivity contribution in [2.45, 2.75) is 25.9 Å². The summed E-state index contributed by atoms with van der Waals surface area (Å²) in [6.45, 7) is 2.87. The van der Waals surface area contributed by atoms with Crippen molar-refractivity contribution in [3.63, 3.8) is 0 Å². The van der Waals surface area contributed by atoms with E-state index in [1.807, 2.05) is 35.1 Å². The highest BCUT2D eigenvalue weighted by atomic mass is 15.3. The summed E-state index contributed by atoms with van der Waals surface area (Å²) in [5, 5.41) is 16.3. The van der Waals surface area contributed by atoms with Crippen molar-refractivity contribution in [1.82, 2.24) is 9.78 Å². The lowest BCUT2D eigenvalue weighted by molar-refractivity contribution is 0.561. The van der Waals surface area contributed by atoms with Crippen LogP contribution in [0.3, 0.4) is 0 Å². The predicted octanol–water partition coefficient (Wildman–Crippen LogP) is 2.03. The third kappa shape index (κ3) is 3.49. The molecule has 0 saturated heterocycles. The first-order chi connectivity index (χ1) is 9.19. The Bertz CT molecular complexity index is 568. The molecule has 0 radical (unpaired) electrons. The van der Waals surface area contributed by atoms with Crippen LogP contribution in [0.5, 0.6) is 0 Å². The molecule has 0 saturated carbocycles. The van der Waals surface area contributed by atoms with Crippen molar-refractivity contribution in [3.05, 3.63) is 42.2 Å². The van der Waals surface area contributed by atoms with E-state index in [4.69, 9.17) is 11.0 Å². The summed E-state index contributed by atoms with van der Waals surface area (Å²) in [6.07, 6.45) is 4.03. The molecule has 0 fully saturated rings. The SMILES string of the molecule is CC(Cn1cccn1)Nc1ccc(N)c(CC#N)c1. The molecule has 1 heterocycles. The molecule has 1 aromatic carbocycles. The highest BCUT2D eigenvalue weighted by molar-refractivity contribution is 5.58. The molecular weight excluding hydrogens is 238 g/mol. The molecule has 5 nitrogen and oxygen atoms in total. The van der Waals surface area contributed by atoms with E-state index in [0.717, 1.165) is 17.8 Å². The number of nitriles is 1. The van der Waals surface area contributed by atoms with Crippen molar-refractivity contribution in [2.75, 3.05) is 11.1 Å². The fourth-order valence-corrected chi connectivity index (χ4v) is 1.95. The number of nitrogens with two attached hydrogens (primary N) is 1. The van der Waals surface area contributed by atoms with Crippen LogP contribution >= 0.6 is 0 Å². The van der Waals surface area contributed by atoms with Crippen molar-refractivity contribution in [2.24, 2.45) is 0 Å². The quantitative estimate of drug-likeness (QED) is 0.801. The van der Waals surface area contributed by atoms with Gasteiger partial charge in [0, 0.05) is 29.8 Å². The second-order valence-corrected chi connectivity index (χ2v) is 4.52. The summed E-state index contributed by atoms with van der Waals surface area (Å²) in [5.41, 5.74) is 8.31. The summed E-state index contributed by atoms with van der Waals surface area (Å²) in [6, 6.07) is 9.94. The van der Waals surface area contributed by atoms with Crippen LogP contribution in [0.25, 0.3) is 0 Å². The fourth-order valence-electron chi connectivity index (χ4n) is 1.95. The summed E-state index contributed by atoms with van der Waals surface area (Å²) in [5.74, 6) is 0. The Kier molecular flexibility index (Phi) is 4.04. The number of benzene rings is 1. The largest absolute Gasteiger partial charge is 0.398 e. The predicted molar refractivity (Wildman–Crippen MR) is 75.5 cm³/mol. The van der Waals surface area contributed by atoms with Gasteiger partial charge < -0.3 is 11.1 Å². The molecular formula is C14H17N5. The molecule has 0 amide bonds. The first-order valence-electron chi connectivity index (χ1n) is 6.18. The minimum absolute atomic E-state index is 0.235. The average Bonchev–Trinajstić information content (AvgIpc) is 2.86. The van der Waals surface area contributed by atoms with E-state index in [-0.39, 0.29) is 6.04 Å². The zero-order valence-electron chi connectivity index (χ0n) is 10.9. The van der Waals surface area contributed by atoms with Gasteiger partial charge in [0.1, 0.15) is 0 Å². The lowest BCUT2D eigenvalue weighted by Crippen LogP contribution is -2.22. The molecule has 3 N–H and O–H groups in total. The molecule has 0 bridgehead atoms. The van der Waals surface area contributed by atoms with Crippen LogP contribution in [0.4, 0.5) is 11.4 Å².